The first-order chi connectivity index (χ1) is 15.1. The normalized spacial score (nSPS) is 13.4. The van der Waals surface area contributed by atoms with Gasteiger partial charge in [-0.25, -0.2) is 18.8 Å². The average molecular weight is 416 g/mol. The molecule has 0 bridgehead atoms. The fourth-order valence-corrected chi connectivity index (χ4v) is 3.59. The van der Waals surface area contributed by atoms with E-state index < -0.39 is 11.5 Å². The molecule has 2 heterocycles. The Balaban J connectivity index is 1.34. The number of rotatable bonds is 6. The number of fused-ring (bicyclic) bond motifs is 1. The van der Waals surface area contributed by atoms with Crippen LogP contribution in [0.3, 0.4) is 0 Å². The van der Waals surface area contributed by atoms with Crippen molar-refractivity contribution in [1.82, 2.24) is 19.7 Å². The second-order valence-electron chi connectivity index (χ2n) is 7.55. The molecular formula is C23H20N4O4. The van der Waals surface area contributed by atoms with E-state index in [1.54, 1.807) is 28.8 Å². The maximum atomic E-state index is 13.0. The van der Waals surface area contributed by atoms with Gasteiger partial charge >= 0.3 is 11.3 Å². The van der Waals surface area contributed by atoms with Crippen LogP contribution in [0.25, 0.3) is 16.7 Å². The number of amides is 1. The Morgan fingerprint density at radius 3 is 2.58 bits per heavy atom. The van der Waals surface area contributed by atoms with E-state index in [4.69, 9.17) is 4.42 Å². The van der Waals surface area contributed by atoms with E-state index in [1.165, 1.54) is 10.7 Å². The van der Waals surface area contributed by atoms with Crippen molar-refractivity contribution in [3.05, 3.63) is 93.0 Å². The van der Waals surface area contributed by atoms with Gasteiger partial charge in [0.15, 0.2) is 0 Å². The van der Waals surface area contributed by atoms with Gasteiger partial charge in [-0.1, -0.05) is 36.4 Å². The molecule has 0 aliphatic heterocycles. The number of hydrogen-bond donors (Lipinski definition) is 1. The maximum absolute atomic E-state index is 13.0. The highest BCUT2D eigenvalue weighted by Gasteiger charge is 2.31. The van der Waals surface area contributed by atoms with Crippen LogP contribution in [-0.4, -0.2) is 26.8 Å². The van der Waals surface area contributed by atoms with E-state index in [0.717, 1.165) is 24.4 Å². The predicted molar refractivity (Wildman–Crippen MR) is 115 cm³/mol. The molecule has 1 saturated carbocycles. The van der Waals surface area contributed by atoms with Gasteiger partial charge in [0.2, 0.25) is 0 Å². The molecule has 1 fully saturated rings. The molecular weight excluding hydrogens is 396 g/mol. The molecule has 0 spiro atoms. The molecule has 2 aromatic heterocycles. The van der Waals surface area contributed by atoms with E-state index in [9.17, 15) is 14.4 Å². The minimum Gasteiger partial charge on any atom is -0.422 e. The SMILES string of the molecule is O=C(NCCn1nc(C2CC2)n(-c2ccccc2)c1=O)c1cc2ccccc2oc1=O. The standard InChI is InChI=1S/C23H20N4O4/c28-21(18-14-16-6-4-5-9-19(16)31-22(18)29)24-12-13-26-23(30)27(17-7-2-1-3-8-17)20(25-26)15-10-11-15/h1-9,14-15H,10-13H2,(H,24,28). The highest BCUT2D eigenvalue weighted by atomic mass is 16.4. The first kappa shape index (κ1) is 19.0. The first-order valence-corrected chi connectivity index (χ1v) is 10.2. The van der Waals surface area contributed by atoms with E-state index in [2.05, 4.69) is 10.4 Å². The van der Waals surface area contributed by atoms with Crippen LogP contribution >= 0.6 is 0 Å². The second kappa shape index (κ2) is 7.71. The van der Waals surface area contributed by atoms with Crippen molar-refractivity contribution in [2.75, 3.05) is 6.54 Å². The van der Waals surface area contributed by atoms with Gasteiger partial charge in [0.05, 0.1) is 12.2 Å². The largest absolute Gasteiger partial charge is 0.422 e. The van der Waals surface area contributed by atoms with E-state index >= 15 is 0 Å². The number of carbonyl (C=O) groups excluding carboxylic acids is 1. The molecule has 0 radical (unpaired) electrons. The van der Waals surface area contributed by atoms with Crippen molar-refractivity contribution < 1.29 is 9.21 Å². The lowest BCUT2D eigenvalue weighted by atomic mass is 10.2. The zero-order valence-corrected chi connectivity index (χ0v) is 16.7. The summed E-state index contributed by atoms with van der Waals surface area (Å²) in [6, 6.07) is 17.9. The molecule has 8 nitrogen and oxygen atoms in total. The zero-order chi connectivity index (χ0) is 21.4. The summed E-state index contributed by atoms with van der Waals surface area (Å²) in [6.45, 7) is 0.351. The zero-order valence-electron chi connectivity index (χ0n) is 16.7. The summed E-state index contributed by atoms with van der Waals surface area (Å²) in [5.74, 6) is 0.487. The molecule has 31 heavy (non-hydrogen) atoms. The van der Waals surface area contributed by atoms with Gasteiger partial charge in [0.25, 0.3) is 5.91 Å². The summed E-state index contributed by atoms with van der Waals surface area (Å²) in [7, 11) is 0. The lowest BCUT2D eigenvalue weighted by Crippen LogP contribution is -2.33. The van der Waals surface area contributed by atoms with Crippen molar-refractivity contribution in [2.45, 2.75) is 25.3 Å². The van der Waals surface area contributed by atoms with Gasteiger partial charge < -0.3 is 9.73 Å². The Morgan fingerprint density at radius 2 is 1.81 bits per heavy atom. The number of nitrogens with zero attached hydrogens (tertiary/aromatic N) is 3. The van der Waals surface area contributed by atoms with Crippen molar-refractivity contribution in [1.29, 1.82) is 0 Å². The highest BCUT2D eigenvalue weighted by molar-refractivity contribution is 5.96. The van der Waals surface area contributed by atoms with Crippen LogP contribution in [0.15, 0.2) is 74.7 Å². The Labute approximate surface area is 176 Å². The Morgan fingerprint density at radius 1 is 1.06 bits per heavy atom. The fraction of sp³-hybridized carbons (Fsp3) is 0.217. The quantitative estimate of drug-likeness (QED) is 0.487. The molecule has 1 amide bonds. The van der Waals surface area contributed by atoms with Crippen molar-refractivity contribution >= 4 is 16.9 Å². The molecule has 1 aliphatic carbocycles. The fourth-order valence-electron chi connectivity index (χ4n) is 3.59. The number of hydrogen-bond acceptors (Lipinski definition) is 5. The Kier molecular flexibility index (Phi) is 4.74. The maximum Gasteiger partial charge on any atom is 0.350 e. The topological polar surface area (TPSA) is 99.1 Å². The van der Waals surface area contributed by atoms with E-state index in [-0.39, 0.29) is 30.3 Å². The Bertz CT molecular complexity index is 1380. The molecule has 5 rings (SSSR count). The molecule has 1 aliphatic rings. The van der Waals surface area contributed by atoms with Crippen LogP contribution in [0.2, 0.25) is 0 Å². The van der Waals surface area contributed by atoms with Crippen molar-refractivity contribution in [3.8, 4) is 5.69 Å². The second-order valence-corrected chi connectivity index (χ2v) is 7.55. The van der Waals surface area contributed by atoms with Crippen molar-refractivity contribution in [3.63, 3.8) is 0 Å². The summed E-state index contributed by atoms with van der Waals surface area (Å²) in [5.41, 5.74) is 0.193. The number of aromatic nitrogens is 3. The van der Waals surface area contributed by atoms with Crippen LogP contribution in [-0.2, 0) is 6.54 Å². The minimum atomic E-state index is -0.697. The molecule has 0 unspecified atom stereocenters. The molecule has 8 heteroatoms. The highest BCUT2D eigenvalue weighted by Crippen LogP contribution is 2.39. The first-order valence-electron chi connectivity index (χ1n) is 10.2. The summed E-state index contributed by atoms with van der Waals surface area (Å²) < 4.78 is 8.21. The number of benzene rings is 2. The van der Waals surface area contributed by atoms with E-state index in [0.29, 0.717) is 11.0 Å². The molecule has 1 N–H and O–H groups in total. The summed E-state index contributed by atoms with van der Waals surface area (Å²) >= 11 is 0. The van der Waals surface area contributed by atoms with Gasteiger partial charge in [-0.2, -0.15) is 5.10 Å². The van der Waals surface area contributed by atoms with Gasteiger partial charge in [-0.3, -0.25) is 4.79 Å². The minimum absolute atomic E-state index is 0.0699. The predicted octanol–water partition coefficient (Wildman–Crippen LogP) is 2.45. The van der Waals surface area contributed by atoms with E-state index in [1.807, 2.05) is 30.3 Å². The lowest BCUT2D eigenvalue weighted by molar-refractivity contribution is 0.0948. The summed E-state index contributed by atoms with van der Waals surface area (Å²) in [4.78, 5) is 37.6. The van der Waals surface area contributed by atoms with Crippen LogP contribution in [0.4, 0.5) is 0 Å². The number of carbonyl (C=O) groups is 1. The van der Waals surface area contributed by atoms with Crippen LogP contribution in [0.5, 0.6) is 0 Å². The van der Waals surface area contributed by atoms with Gasteiger partial charge in [-0.15, -0.1) is 0 Å². The third kappa shape index (κ3) is 3.68. The monoisotopic (exact) mass is 416 g/mol. The van der Waals surface area contributed by atoms with Gasteiger partial charge in [0, 0.05) is 17.8 Å². The smallest absolute Gasteiger partial charge is 0.350 e. The molecule has 2 aromatic carbocycles. The number of para-hydroxylation sites is 2. The summed E-state index contributed by atoms with van der Waals surface area (Å²) in [5, 5.41) is 7.86. The van der Waals surface area contributed by atoms with Crippen LogP contribution in [0, 0.1) is 0 Å². The third-order valence-electron chi connectivity index (χ3n) is 5.32. The van der Waals surface area contributed by atoms with Crippen LogP contribution in [0.1, 0.15) is 34.9 Å². The average Bonchev–Trinajstić information content (AvgIpc) is 3.58. The van der Waals surface area contributed by atoms with Crippen LogP contribution < -0.4 is 16.6 Å². The lowest BCUT2D eigenvalue weighted by Gasteiger charge is -2.05. The molecule has 0 atom stereocenters. The third-order valence-corrected chi connectivity index (χ3v) is 5.32. The Hall–Kier alpha value is -3.94. The summed E-state index contributed by atoms with van der Waals surface area (Å²) in [6.07, 6.45) is 2.02. The van der Waals surface area contributed by atoms with Crippen molar-refractivity contribution in [2.24, 2.45) is 0 Å². The number of nitrogens with one attached hydrogen (secondary N) is 1. The van der Waals surface area contributed by atoms with Gasteiger partial charge in [-0.05, 0) is 37.1 Å². The molecule has 156 valence electrons. The molecule has 0 saturated heterocycles. The molecule has 4 aromatic rings. The van der Waals surface area contributed by atoms with Gasteiger partial charge in [0.1, 0.15) is 17.0 Å².